The molecule has 0 N–H and O–H groups in total. The van der Waals surface area contributed by atoms with Gasteiger partial charge in [0, 0.05) is 34.1 Å². The van der Waals surface area contributed by atoms with Gasteiger partial charge in [-0.05, 0) is 105 Å². The maximum Gasteiger partial charge on any atom is 0.0468 e. The van der Waals surface area contributed by atoms with Crippen LogP contribution in [0.2, 0.25) is 0 Å². The fourth-order valence-corrected chi connectivity index (χ4v) is 6.30. The third-order valence-electron chi connectivity index (χ3n) is 8.58. The number of nitrogens with zero attached hydrogens (tertiary/aromatic N) is 2. The van der Waals surface area contributed by atoms with E-state index in [1.165, 1.54) is 32.7 Å². The summed E-state index contributed by atoms with van der Waals surface area (Å²) in [6, 6.07) is 69.3. The second-order valence-corrected chi connectivity index (χ2v) is 11.5. The molecule has 0 fully saturated rings. The van der Waals surface area contributed by atoms with E-state index in [9.17, 15) is 0 Å². The van der Waals surface area contributed by atoms with E-state index in [1.807, 2.05) is 0 Å². The van der Waals surface area contributed by atoms with Crippen LogP contribution < -0.4 is 9.80 Å². The van der Waals surface area contributed by atoms with Crippen molar-refractivity contribution in [3.63, 3.8) is 0 Å². The summed E-state index contributed by atoms with van der Waals surface area (Å²) in [5.74, 6) is 0. The summed E-state index contributed by atoms with van der Waals surface area (Å²) in [5, 5.41) is 4.84. The Bertz CT molecular complexity index is 2240. The van der Waals surface area contributed by atoms with Gasteiger partial charge in [-0.15, -0.1) is 0 Å². The van der Waals surface area contributed by atoms with Crippen LogP contribution in [0, 0.1) is 0 Å². The third-order valence-corrected chi connectivity index (χ3v) is 8.58. The molecule has 0 saturated carbocycles. The summed E-state index contributed by atoms with van der Waals surface area (Å²) in [4.78, 5) is 4.66. The van der Waals surface area contributed by atoms with Crippen molar-refractivity contribution in [1.82, 2.24) is 0 Å². The highest BCUT2D eigenvalue weighted by molar-refractivity contribution is 5.94. The lowest BCUT2D eigenvalue weighted by Gasteiger charge is -2.27. The number of hydrogen-bond donors (Lipinski definition) is 0. The second kappa shape index (κ2) is 12.1. The molecule has 0 unspecified atom stereocenters. The average Bonchev–Trinajstić information content (AvgIpc) is 3.13. The molecule has 46 heavy (non-hydrogen) atoms. The number of fused-ring (bicyclic) bond motifs is 2. The first-order chi connectivity index (χ1) is 22.8. The van der Waals surface area contributed by atoms with Crippen molar-refractivity contribution in [2.75, 3.05) is 9.80 Å². The lowest BCUT2D eigenvalue weighted by Crippen LogP contribution is -2.10. The summed E-state index contributed by atoms with van der Waals surface area (Å²) >= 11 is 0. The second-order valence-electron chi connectivity index (χ2n) is 11.5. The molecule has 0 heterocycles. The van der Waals surface area contributed by atoms with Crippen LogP contribution in [0.5, 0.6) is 0 Å². The number of hydrogen-bond acceptors (Lipinski definition) is 2. The van der Waals surface area contributed by atoms with Gasteiger partial charge in [0.1, 0.15) is 0 Å². The molecule has 0 amide bonds. The summed E-state index contributed by atoms with van der Waals surface area (Å²) in [6.07, 6.45) is 0. The first-order valence-corrected chi connectivity index (χ1v) is 15.7. The lowest BCUT2D eigenvalue weighted by atomic mass is 10.0. The van der Waals surface area contributed by atoms with E-state index in [4.69, 9.17) is 0 Å². The van der Waals surface area contributed by atoms with Gasteiger partial charge in [-0.2, -0.15) is 0 Å². The van der Waals surface area contributed by atoms with Crippen LogP contribution >= 0.6 is 0 Å². The standard InChI is InChI=1S/C44H32N2/c1-4-12-33(13-5-1)35-20-25-41(26-21-35)45(39-16-6-2-7-17-39)42-28-23-38-32-44(29-24-37(38)31-42)46(40-18-8-3-9-19-40)43-27-22-34-14-10-11-15-36(34)30-43/h1-32H. The van der Waals surface area contributed by atoms with Crippen LogP contribution in [-0.2, 0) is 0 Å². The highest BCUT2D eigenvalue weighted by atomic mass is 15.1. The van der Waals surface area contributed by atoms with Gasteiger partial charge in [0.15, 0.2) is 0 Å². The van der Waals surface area contributed by atoms with Gasteiger partial charge in [-0.3, -0.25) is 0 Å². The zero-order chi connectivity index (χ0) is 30.7. The minimum atomic E-state index is 1.12. The van der Waals surface area contributed by atoms with Gasteiger partial charge in [-0.25, -0.2) is 0 Å². The predicted molar refractivity (Wildman–Crippen MR) is 196 cm³/mol. The van der Waals surface area contributed by atoms with Crippen molar-refractivity contribution in [3.05, 3.63) is 194 Å². The van der Waals surface area contributed by atoms with Crippen molar-refractivity contribution in [3.8, 4) is 11.1 Å². The first kappa shape index (κ1) is 27.4. The van der Waals surface area contributed by atoms with Crippen molar-refractivity contribution in [2.45, 2.75) is 0 Å². The van der Waals surface area contributed by atoms with E-state index in [-0.39, 0.29) is 0 Å². The molecule has 0 saturated heterocycles. The van der Waals surface area contributed by atoms with Gasteiger partial charge < -0.3 is 9.80 Å². The Labute approximate surface area is 270 Å². The highest BCUT2D eigenvalue weighted by Gasteiger charge is 2.16. The van der Waals surface area contributed by atoms with Crippen molar-refractivity contribution in [2.24, 2.45) is 0 Å². The average molecular weight is 589 g/mol. The molecule has 0 aliphatic rings. The van der Waals surface area contributed by atoms with Crippen molar-refractivity contribution in [1.29, 1.82) is 0 Å². The third kappa shape index (κ3) is 5.38. The largest absolute Gasteiger partial charge is 0.310 e. The topological polar surface area (TPSA) is 6.48 Å². The number of para-hydroxylation sites is 2. The Hall–Kier alpha value is -6.12. The molecule has 2 nitrogen and oxygen atoms in total. The molecule has 8 rings (SSSR count). The summed E-state index contributed by atoms with van der Waals surface area (Å²) in [5.41, 5.74) is 9.17. The minimum absolute atomic E-state index is 1.12. The van der Waals surface area contributed by atoms with E-state index in [0.717, 1.165) is 34.1 Å². The molecule has 0 aliphatic carbocycles. The Morgan fingerprint density at radius 2 is 0.543 bits per heavy atom. The van der Waals surface area contributed by atoms with Crippen LogP contribution in [0.15, 0.2) is 194 Å². The van der Waals surface area contributed by atoms with Crippen molar-refractivity contribution < 1.29 is 0 Å². The van der Waals surface area contributed by atoms with Crippen LogP contribution in [0.3, 0.4) is 0 Å². The molecule has 0 radical (unpaired) electrons. The van der Waals surface area contributed by atoms with E-state index >= 15 is 0 Å². The first-order valence-electron chi connectivity index (χ1n) is 15.7. The zero-order valence-corrected chi connectivity index (χ0v) is 25.4. The van der Waals surface area contributed by atoms with Gasteiger partial charge in [-0.1, -0.05) is 121 Å². The molecule has 0 spiro atoms. The van der Waals surface area contributed by atoms with Gasteiger partial charge in [0.05, 0.1) is 0 Å². The fraction of sp³-hybridized carbons (Fsp3) is 0. The minimum Gasteiger partial charge on any atom is -0.310 e. The van der Waals surface area contributed by atoms with Crippen LogP contribution in [0.25, 0.3) is 32.7 Å². The fourth-order valence-electron chi connectivity index (χ4n) is 6.30. The molecule has 218 valence electrons. The van der Waals surface area contributed by atoms with Crippen LogP contribution in [-0.4, -0.2) is 0 Å². The quantitative estimate of drug-likeness (QED) is 0.183. The summed E-state index contributed by atoms with van der Waals surface area (Å²) in [7, 11) is 0. The molecule has 0 aliphatic heterocycles. The molecule has 2 heteroatoms. The SMILES string of the molecule is c1ccc(-c2ccc(N(c3ccccc3)c3ccc4cc(N(c5ccccc5)c5ccc6ccccc6c5)ccc4c3)cc2)cc1. The van der Waals surface area contributed by atoms with Gasteiger partial charge in [0.25, 0.3) is 0 Å². The molecular weight excluding hydrogens is 556 g/mol. The van der Waals surface area contributed by atoms with Gasteiger partial charge in [0.2, 0.25) is 0 Å². The predicted octanol–water partition coefficient (Wildman–Crippen LogP) is 12.6. The Morgan fingerprint density at radius 3 is 1.07 bits per heavy atom. The molecule has 0 aromatic heterocycles. The van der Waals surface area contributed by atoms with Crippen LogP contribution in [0.4, 0.5) is 34.1 Å². The number of benzene rings is 8. The molecule has 0 atom stereocenters. The maximum atomic E-state index is 2.34. The summed E-state index contributed by atoms with van der Waals surface area (Å²) in [6.45, 7) is 0. The zero-order valence-electron chi connectivity index (χ0n) is 25.4. The smallest absolute Gasteiger partial charge is 0.0468 e. The van der Waals surface area contributed by atoms with Crippen molar-refractivity contribution >= 4 is 55.7 Å². The molecular formula is C44H32N2. The Balaban J connectivity index is 1.19. The Kier molecular flexibility index (Phi) is 7.22. The molecule has 0 bridgehead atoms. The molecule has 8 aromatic rings. The van der Waals surface area contributed by atoms with E-state index in [0.29, 0.717) is 0 Å². The van der Waals surface area contributed by atoms with Crippen LogP contribution in [0.1, 0.15) is 0 Å². The molecule has 8 aromatic carbocycles. The maximum absolute atomic E-state index is 2.34. The monoisotopic (exact) mass is 588 g/mol. The van der Waals surface area contributed by atoms with Gasteiger partial charge >= 0.3 is 0 Å². The number of rotatable bonds is 7. The van der Waals surface area contributed by atoms with E-state index < -0.39 is 0 Å². The lowest BCUT2D eigenvalue weighted by molar-refractivity contribution is 1.28. The number of anilines is 6. The Morgan fingerprint density at radius 1 is 0.217 bits per heavy atom. The van der Waals surface area contributed by atoms with E-state index in [2.05, 4.69) is 204 Å². The highest BCUT2D eigenvalue weighted by Crippen LogP contribution is 2.40. The summed E-state index contributed by atoms with van der Waals surface area (Å²) < 4.78 is 0. The normalized spacial score (nSPS) is 11.0. The van der Waals surface area contributed by atoms with E-state index in [1.54, 1.807) is 0 Å².